The van der Waals surface area contributed by atoms with Gasteiger partial charge in [-0.05, 0) is 24.3 Å². The molecule has 0 saturated heterocycles. The van der Waals surface area contributed by atoms with Crippen molar-refractivity contribution in [3.63, 3.8) is 0 Å². The van der Waals surface area contributed by atoms with Gasteiger partial charge in [0.1, 0.15) is 11.6 Å². The summed E-state index contributed by atoms with van der Waals surface area (Å²) in [7, 11) is 1.54. The minimum absolute atomic E-state index is 0.00144. The molecule has 4 N–H and O–H groups in total. The summed E-state index contributed by atoms with van der Waals surface area (Å²) in [5.41, 5.74) is 6.66. The molecule has 110 valence electrons. The zero-order valence-corrected chi connectivity index (χ0v) is 11.5. The first-order chi connectivity index (χ1) is 10.1. The van der Waals surface area contributed by atoms with Crippen LogP contribution < -0.4 is 21.1 Å². The van der Waals surface area contributed by atoms with Gasteiger partial charge in [0.2, 0.25) is 0 Å². The smallest absolute Gasteiger partial charge is 0.323 e. The fourth-order valence-corrected chi connectivity index (χ4v) is 1.87. The molecule has 0 aliphatic rings. The molecule has 0 aliphatic carbocycles. The van der Waals surface area contributed by atoms with Crippen LogP contribution in [0.4, 0.5) is 20.6 Å². The van der Waals surface area contributed by atoms with Gasteiger partial charge in [-0.15, -0.1) is 0 Å². The molecule has 21 heavy (non-hydrogen) atoms. The van der Waals surface area contributed by atoms with Crippen LogP contribution in [0.25, 0.3) is 0 Å². The van der Waals surface area contributed by atoms with Crippen LogP contribution in [0.5, 0.6) is 5.75 Å². The summed E-state index contributed by atoms with van der Waals surface area (Å²) in [5.74, 6) is 0.179. The number of anilines is 2. The van der Waals surface area contributed by atoms with Gasteiger partial charge in [0.05, 0.1) is 7.11 Å². The van der Waals surface area contributed by atoms with Crippen molar-refractivity contribution in [3.05, 3.63) is 53.8 Å². The number of methoxy groups -OCH3 is 1. The highest BCUT2D eigenvalue weighted by atomic mass is 19.1. The maximum Gasteiger partial charge on any atom is 0.323 e. The van der Waals surface area contributed by atoms with E-state index in [1.807, 2.05) is 0 Å². The molecule has 2 aromatic rings. The number of nitrogens with two attached hydrogens (primary N) is 1. The Morgan fingerprint density at radius 2 is 2.00 bits per heavy atom. The number of rotatable bonds is 4. The van der Waals surface area contributed by atoms with Crippen molar-refractivity contribution in [2.75, 3.05) is 17.7 Å². The van der Waals surface area contributed by atoms with E-state index >= 15 is 0 Å². The van der Waals surface area contributed by atoms with Crippen LogP contribution in [0.15, 0.2) is 42.5 Å². The Labute approximate surface area is 121 Å². The van der Waals surface area contributed by atoms with Crippen LogP contribution >= 0.6 is 0 Å². The average Bonchev–Trinajstić information content (AvgIpc) is 2.47. The minimum atomic E-state index is -0.483. The van der Waals surface area contributed by atoms with Gasteiger partial charge in [0.25, 0.3) is 0 Å². The van der Waals surface area contributed by atoms with Gasteiger partial charge >= 0.3 is 6.03 Å². The van der Waals surface area contributed by atoms with Crippen molar-refractivity contribution in [1.29, 1.82) is 0 Å². The van der Waals surface area contributed by atoms with E-state index in [9.17, 15) is 9.18 Å². The van der Waals surface area contributed by atoms with E-state index in [1.54, 1.807) is 37.4 Å². The molecule has 5 nitrogen and oxygen atoms in total. The van der Waals surface area contributed by atoms with Gasteiger partial charge in [0.15, 0.2) is 0 Å². The molecule has 0 bridgehead atoms. The second-order valence-electron chi connectivity index (χ2n) is 4.28. The molecule has 0 spiro atoms. The molecular weight excluding hydrogens is 273 g/mol. The topological polar surface area (TPSA) is 76.4 Å². The average molecular weight is 289 g/mol. The first-order valence-electron chi connectivity index (χ1n) is 6.33. The Hall–Kier alpha value is -2.60. The van der Waals surface area contributed by atoms with Gasteiger partial charge in [0, 0.05) is 29.5 Å². The summed E-state index contributed by atoms with van der Waals surface area (Å²) in [4.78, 5) is 11.9. The molecule has 0 radical (unpaired) electrons. The summed E-state index contributed by atoms with van der Waals surface area (Å²) in [6.07, 6.45) is 0. The molecule has 0 saturated carbocycles. The number of hydrogen-bond acceptors (Lipinski definition) is 3. The zero-order chi connectivity index (χ0) is 15.2. The van der Waals surface area contributed by atoms with Crippen LogP contribution in [0.1, 0.15) is 5.56 Å². The van der Waals surface area contributed by atoms with Crippen molar-refractivity contribution in [2.24, 2.45) is 5.73 Å². The first-order valence-corrected chi connectivity index (χ1v) is 6.33. The van der Waals surface area contributed by atoms with E-state index in [2.05, 4.69) is 10.6 Å². The highest BCUT2D eigenvalue weighted by Gasteiger charge is 2.10. The molecule has 0 fully saturated rings. The zero-order valence-electron chi connectivity index (χ0n) is 11.5. The maximum atomic E-state index is 13.6. The Morgan fingerprint density at radius 3 is 2.71 bits per heavy atom. The Bertz CT molecular complexity index is 647. The van der Waals surface area contributed by atoms with Crippen molar-refractivity contribution < 1.29 is 13.9 Å². The summed E-state index contributed by atoms with van der Waals surface area (Å²) in [6.45, 7) is 0.00144. The highest BCUT2D eigenvalue weighted by Crippen LogP contribution is 2.20. The summed E-state index contributed by atoms with van der Waals surface area (Å²) < 4.78 is 18.6. The number of halogens is 1. The molecule has 2 aromatic carbocycles. The Balaban J connectivity index is 2.10. The predicted molar refractivity (Wildman–Crippen MR) is 79.9 cm³/mol. The number of carbonyl (C=O) groups is 1. The van der Waals surface area contributed by atoms with E-state index < -0.39 is 11.8 Å². The molecule has 0 aromatic heterocycles. The Kier molecular flexibility index (Phi) is 4.73. The molecule has 6 heteroatoms. The number of benzene rings is 2. The third kappa shape index (κ3) is 3.70. The monoisotopic (exact) mass is 289 g/mol. The van der Waals surface area contributed by atoms with Crippen LogP contribution in [-0.4, -0.2) is 13.1 Å². The summed E-state index contributed by atoms with van der Waals surface area (Å²) in [6, 6.07) is 10.8. The number of hydrogen-bond donors (Lipinski definition) is 3. The molecule has 2 rings (SSSR count). The lowest BCUT2D eigenvalue weighted by Crippen LogP contribution is -2.21. The van der Waals surface area contributed by atoms with E-state index in [0.29, 0.717) is 17.1 Å². The molecular formula is C15H16FN3O2. The van der Waals surface area contributed by atoms with E-state index in [4.69, 9.17) is 10.5 Å². The van der Waals surface area contributed by atoms with Crippen LogP contribution in [0.2, 0.25) is 0 Å². The van der Waals surface area contributed by atoms with Gasteiger partial charge in [-0.25, -0.2) is 9.18 Å². The SMILES string of the molecule is COc1cccc(NC(=O)Nc2cccc(F)c2CN)c1. The predicted octanol–water partition coefficient (Wildman–Crippen LogP) is 2.94. The minimum Gasteiger partial charge on any atom is -0.497 e. The molecule has 0 aliphatic heterocycles. The van der Waals surface area contributed by atoms with Crippen molar-refractivity contribution in [3.8, 4) is 5.75 Å². The molecule has 0 unspecified atom stereocenters. The van der Waals surface area contributed by atoms with Crippen molar-refractivity contribution in [2.45, 2.75) is 6.54 Å². The molecule has 0 heterocycles. The maximum absolute atomic E-state index is 13.6. The van der Waals surface area contributed by atoms with E-state index in [-0.39, 0.29) is 12.1 Å². The third-order valence-corrected chi connectivity index (χ3v) is 2.90. The number of carbonyl (C=O) groups excluding carboxylic acids is 1. The quantitative estimate of drug-likeness (QED) is 0.810. The van der Waals surface area contributed by atoms with Crippen molar-refractivity contribution >= 4 is 17.4 Å². The van der Waals surface area contributed by atoms with Gasteiger partial charge in [-0.1, -0.05) is 12.1 Å². The molecule has 0 atom stereocenters. The number of urea groups is 1. The number of ether oxygens (including phenoxy) is 1. The van der Waals surface area contributed by atoms with E-state index in [1.165, 1.54) is 12.1 Å². The standard InChI is InChI=1S/C15H16FN3O2/c1-21-11-5-2-4-10(8-11)18-15(20)19-14-7-3-6-13(16)12(14)9-17/h2-8H,9,17H2,1H3,(H2,18,19,20). The summed E-state index contributed by atoms with van der Waals surface area (Å²) in [5, 5.41) is 5.22. The highest BCUT2D eigenvalue weighted by molar-refractivity contribution is 6.00. The fraction of sp³-hybridized carbons (Fsp3) is 0.133. The first kappa shape index (κ1) is 14.8. The van der Waals surface area contributed by atoms with Gasteiger partial charge in [-0.3, -0.25) is 0 Å². The normalized spacial score (nSPS) is 10.0. The fourth-order valence-electron chi connectivity index (χ4n) is 1.87. The number of nitrogens with one attached hydrogen (secondary N) is 2. The van der Waals surface area contributed by atoms with Gasteiger partial charge in [-0.2, -0.15) is 0 Å². The van der Waals surface area contributed by atoms with Gasteiger partial charge < -0.3 is 21.1 Å². The van der Waals surface area contributed by atoms with Crippen LogP contribution in [0.3, 0.4) is 0 Å². The number of amides is 2. The second-order valence-corrected chi connectivity index (χ2v) is 4.28. The van der Waals surface area contributed by atoms with Crippen molar-refractivity contribution in [1.82, 2.24) is 0 Å². The molecule has 2 amide bonds. The summed E-state index contributed by atoms with van der Waals surface area (Å²) >= 11 is 0. The van der Waals surface area contributed by atoms with Crippen LogP contribution in [0, 0.1) is 5.82 Å². The second kappa shape index (κ2) is 6.71. The lowest BCUT2D eigenvalue weighted by atomic mass is 10.1. The van der Waals surface area contributed by atoms with Crippen LogP contribution in [-0.2, 0) is 6.54 Å². The Morgan fingerprint density at radius 1 is 1.24 bits per heavy atom. The largest absolute Gasteiger partial charge is 0.497 e. The van der Waals surface area contributed by atoms with E-state index in [0.717, 1.165) is 0 Å². The third-order valence-electron chi connectivity index (χ3n) is 2.90. The lowest BCUT2D eigenvalue weighted by Gasteiger charge is -2.12. The lowest BCUT2D eigenvalue weighted by molar-refractivity contribution is 0.262.